The van der Waals surface area contributed by atoms with Gasteiger partial charge in [0.1, 0.15) is 5.75 Å². The van der Waals surface area contributed by atoms with E-state index in [-0.39, 0.29) is 11.8 Å². The molecule has 0 radical (unpaired) electrons. The molecule has 0 bridgehead atoms. The van der Waals surface area contributed by atoms with Crippen molar-refractivity contribution in [2.75, 3.05) is 49.3 Å². The van der Waals surface area contributed by atoms with Crippen LogP contribution in [0.4, 0.5) is 16.2 Å². The lowest BCUT2D eigenvalue weighted by molar-refractivity contribution is 0.198. The Labute approximate surface area is 142 Å². The number of nitrogens with one attached hydrogen (secondary N) is 2. The fourth-order valence-electron chi connectivity index (χ4n) is 2.46. The summed E-state index contributed by atoms with van der Waals surface area (Å²) in [6, 6.07) is 4.53. The van der Waals surface area contributed by atoms with Crippen molar-refractivity contribution >= 4 is 27.4 Å². The lowest BCUT2D eigenvalue weighted by Crippen LogP contribution is -2.38. The molecule has 0 aromatic heterocycles. The molecular weight excluding hydrogens is 334 g/mol. The minimum atomic E-state index is -3.36. The zero-order valence-corrected chi connectivity index (χ0v) is 14.7. The maximum atomic E-state index is 12.3. The molecule has 2 amide bonds. The molecule has 1 saturated heterocycles. The van der Waals surface area contributed by atoms with Gasteiger partial charge in [-0.25, -0.2) is 13.2 Å². The van der Waals surface area contributed by atoms with Gasteiger partial charge in [0.15, 0.2) is 0 Å². The Morgan fingerprint density at radius 1 is 1.29 bits per heavy atom. The largest absolute Gasteiger partial charge is 0.495 e. The molecule has 0 spiro atoms. The fourth-order valence-corrected chi connectivity index (χ4v) is 4.10. The zero-order valence-electron chi connectivity index (χ0n) is 13.9. The number of anilines is 2. The van der Waals surface area contributed by atoms with Gasteiger partial charge in [-0.15, -0.1) is 0 Å². The Balaban J connectivity index is 2.20. The summed E-state index contributed by atoms with van der Waals surface area (Å²) in [5.41, 5.74) is 0.924. The smallest absolute Gasteiger partial charge is 0.319 e. The number of ether oxygens (including phenoxy) is 2. The molecule has 1 aromatic rings. The number of rotatable bonds is 6. The van der Waals surface area contributed by atoms with Gasteiger partial charge in [0.25, 0.3) is 0 Å². The van der Waals surface area contributed by atoms with E-state index in [1.165, 1.54) is 11.4 Å². The predicted octanol–water partition coefficient (Wildman–Crippen LogP) is 1.39. The quantitative estimate of drug-likeness (QED) is 0.750. The summed E-state index contributed by atoms with van der Waals surface area (Å²) >= 11 is 0. The van der Waals surface area contributed by atoms with Gasteiger partial charge in [-0.1, -0.05) is 0 Å². The number of methoxy groups -OCH3 is 2. The third kappa shape index (κ3) is 4.51. The minimum absolute atomic E-state index is 0.116. The highest BCUT2D eigenvalue weighted by molar-refractivity contribution is 7.92. The summed E-state index contributed by atoms with van der Waals surface area (Å²) in [5.74, 6) is 0.566. The summed E-state index contributed by atoms with van der Waals surface area (Å²) in [5, 5.41) is 5.31. The standard InChI is InChI=1S/C15H23N3O5S/c1-22-9-7-16-15(19)17-12-5-6-14(23-2)13(11-12)18-8-3-4-10-24(18,20)21/h5-6,11H,3-4,7-10H2,1-2H3,(H2,16,17,19). The van der Waals surface area contributed by atoms with Crippen LogP contribution in [0.3, 0.4) is 0 Å². The van der Waals surface area contributed by atoms with Gasteiger partial charge in [0.05, 0.1) is 25.2 Å². The Bertz CT molecular complexity index is 678. The van der Waals surface area contributed by atoms with E-state index in [1.54, 1.807) is 25.3 Å². The van der Waals surface area contributed by atoms with E-state index >= 15 is 0 Å². The number of nitrogens with zero attached hydrogens (tertiary/aromatic N) is 1. The number of urea groups is 1. The predicted molar refractivity (Wildman–Crippen MR) is 92.3 cm³/mol. The van der Waals surface area contributed by atoms with Gasteiger partial charge in [-0.05, 0) is 31.0 Å². The second kappa shape index (κ2) is 8.20. The van der Waals surface area contributed by atoms with Crippen LogP contribution in [0.5, 0.6) is 5.75 Å². The average molecular weight is 357 g/mol. The molecule has 1 heterocycles. The van der Waals surface area contributed by atoms with Crippen LogP contribution in [0.2, 0.25) is 0 Å². The van der Waals surface area contributed by atoms with Gasteiger partial charge in [0, 0.05) is 25.9 Å². The highest BCUT2D eigenvalue weighted by Gasteiger charge is 2.28. The van der Waals surface area contributed by atoms with Crippen molar-refractivity contribution in [1.29, 1.82) is 0 Å². The Morgan fingerprint density at radius 3 is 2.75 bits per heavy atom. The number of benzene rings is 1. The number of sulfonamides is 1. The second-order valence-corrected chi connectivity index (χ2v) is 7.37. The third-order valence-corrected chi connectivity index (χ3v) is 5.50. The van der Waals surface area contributed by atoms with Crippen molar-refractivity contribution in [2.45, 2.75) is 12.8 Å². The Kier molecular flexibility index (Phi) is 6.27. The maximum Gasteiger partial charge on any atom is 0.319 e. The monoisotopic (exact) mass is 357 g/mol. The summed E-state index contributed by atoms with van der Waals surface area (Å²) in [6.07, 6.45) is 1.44. The van der Waals surface area contributed by atoms with Gasteiger partial charge >= 0.3 is 6.03 Å². The molecule has 1 aliphatic heterocycles. The van der Waals surface area contributed by atoms with E-state index in [1.807, 2.05) is 0 Å². The van der Waals surface area contributed by atoms with E-state index in [9.17, 15) is 13.2 Å². The molecule has 134 valence electrons. The highest BCUT2D eigenvalue weighted by atomic mass is 32.2. The SMILES string of the molecule is COCCNC(=O)Nc1ccc(OC)c(N2CCCCS2(=O)=O)c1. The first-order valence-corrected chi connectivity index (χ1v) is 9.31. The zero-order chi connectivity index (χ0) is 17.6. The molecule has 1 aliphatic rings. The fraction of sp³-hybridized carbons (Fsp3) is 0.533. The summed E-state index contributed by atoms with van der Waals surface area (Å²) in [4.78, 5) is 11.8. The van der Waals surface area contributed by atoms with Crippen molar-refractivity contribution in [3.63, 3.8) is 0 Å². The Hall–Kier alpha value is -2.00. The number of hydrogen-bond acceptors (Lipinski definition) is 5. The number of carbonyl (C=O) groups excluding carboxylic acids is 1. The van der Waals surface area contributed by atoms with Crippen LogP contribution in [0.25, 0.3) is 0 Å². The molecule has 0 aliphatic carbocycles. The van der Waals surface area contributed by atoms with E-state index < -0.39 is 10.0 Å². The molecule has 0 unspecified atom stereocenters. The first-order valence-electron chi connectivity index (χ1n) is 7.70. The molecule has 1 fully saturated rings. The Morgan fingerprint density at radius 2 is 2.08 bits per heavy atom. The maximum absolute atomic E-state index is 12.3. The second-order valence-electron chi connectivity index (χ2n) is 5.36. The molecule has 9 heteroatoms. The van der Waals surface area contributed by atoms with Gasteiger partial charge in [0.2, 0.25) is 10.0 Å². The lowest BCUT2D eigenvalue weighted by Gasteiger charge is -2.29. The summed E-state index contributed by atoms with van der Waals surface area (Å²) in [7, 11) is -0.327. The number of carbonyl (C=O) groups is 1. The van der Waals surface area contributed by atoms with E-state index in [0.29, 0.717) is 43.2 Å². The topological polar surface area (TPSA) is 97.0 Å². The van der Waals surface area contributed by atoms with Crippen LogP contribution < -0.4 is 19.7 Å². The van der Waals surface area contributed by atoms with Crippen LogP contribution in [0.15, 0.2) is 18.2 Å². The van der Waals surface area contributed by atoms with Crippen LogP contribution in [0, 0.1) is 0 Å². The molecular formula is C15H23N3O5S. The normalized spacial score (nSPS) is 16.5. The first kappa shape index (κ1) is 18.3. The number of amides is 2. The first-order chi connectivity index (χ1) is 11.5. The van der Waals surface area contributed by atoms with Crippen LogP contribution >= 0.6 is 0 Å². The van der Waals surface area contributed by atoms with Crippen molar-refractivity contribution < 1.29 is 22.7 Å². The third-order valence-electron chi connectivity index (χ3n) is 3.65. The average Bonchev–Trinajstić information content (AvgIpc) is 2.54. The molecule has 24 heavy (non-hydrogen) atoms. The van der Waals surface area contributed by atoms with Crippen molar-refractivity contribution in [3.8, 4) is 5.75 Å². The molecule has 1 aromatic carbocycles. The van der Waals surface area contributed by atoms with E-state index in [0.717, 1.165) is 6.42 Å². The van der Waals surface area contributed by atoms with Crippen molar-refractivity contribution in [1.82, 2.24) is 5.32 Å². The summed E-state index contributed by atoms with van der Waals surface area (Å²) < 4.78 is 36.1. The molecule has 2 N–H and O–H groups in total. The summed E-state index contributed by atoms with van der Waals surface area (Å²) in [6.45, 7) is 1.20. The molecule has 0 atom stereocenters. The molecule has 8 nitrogen and oxygen atoms in total. The van der Waals surface area contributed by atoms with Crippen LogP contribution in [-0.4, -0.2) is 54.1 Å². The van der Waals surface area contributed by atoms with E-state index in [4.69, 9.17) is 9.47 Å². The van der Waals surface area contributed by atoms with E-state index in [2.05, 4.69) is 10.6 Å². The lowest BCUT2D eigenvalue weighted by atomic mass is 10.2. The number of hydrogen-bond donors (Lipinski definition) is 2. The van der Waals surface area contributed by atoms with Gasteiger partial charge in [-0.3, -0.25) is 4.31 Å². The molecule has 2 rings (SSSR count). The van der Waals surface area contributed by atoms with Crippen molar-refractivity contribution in [3.05, 3.63) is 18.2 Å². The highest BCUT2D eigenvalue weighted by Crippen LogP contribution is 2.34. The molecule has 0 saturated carbocycles. The van der Waals surface area contributed by atoms with Crippen LogP contribution in [-0.2, 0) is 14.8 Å². The van der Waals surface area contributed by atoms with Gasteiger partial charge in [-0.2, -0.15) is 0 Å². The van der Waals surface area contributed by atoms with Gasteiger partial charge < -0.3 is 20.1 Å². The van der Waals surface area contributed by atoms with Crippen molar-refractivity contribution in [2.24, 2.45) is 0 Å². The minimum Gasteiger partial charge on any atom is -0.495 e. The van der Waals surface area contributed by atoms with Crippen LogP contribution in [0.1, 0.15) is 12.8 Å².